The number of nitrogens with one attached hydrogen (secondary N) is 1. The molecule has 7 nitrogen and oxygen atoms in total. The second-order valence-corrected chi connectivity index (χ2v) is 11.1. The van der Waals surface area contributed by atoms with E-state index < -0.39 is 28.9 Å². The lowest BCUT2D eigenvalue weighted by Gasteiger charge is -2.33. The highest BCUT2D eigenvalue weighted by atomic mass is 16.5. The normalized spacial score (nSPS) is 22.3. The Bertz CT molecular complexity index is 1110. The molecule has 4 rings (SSSR count). The minimum absolute atomic E-state index is 0.0763. The molecule has 186 valence electrons. The fourth-order valence-corrected chi connectivity index (χ4v) is 5.18. The molecule has 0 spiro atoms. The zero-order valence-electron chi connectivity index (χ0n) is 21.0. The van der Waals surface area contributed by atoms with Crippen LogP contribution in [0.5, 0.6) is 0 Å². The van der Waals surface area contributed by atoms with Crippen molar-refractivity contribution in [1.29, 1.82) is 0 Å². The minimum atomic E-state index is -1.01. The fraction of sp³-hybridized carbons (Fsp3) is 0.464. The van der Waals surface area contributed by atoms with Crippen LogP contribution in [0.1, 0.15) is 51.7 Å². The average Bonchev–Trinajstić information content (AvgIpc) is 3.30. The van der Waals surface area contributed by atoms with Crippen molar-refractivity contribution in [3.05, 3.63) is 59.7 Å². The molecule has 1 aliphatic heterocycles. The molecule has 0 aromatic heterocycles. The summed E-state index contributed by atoms with van der Waals surface area (Å²) < 4.78 is 5.66. The average molecular weight is 479 g/mol. The highest BCUT2D eigenvalue weighted by molar-refractivity contribution is 5.88. The molecule has 0 radical (unpaired) electrons. The zero-order chi connectivity index (χ0) is 25.5. The predicted molar refractivity (Wildman–Crippen MR) is 133 cm³/mol. The molecule has 1 fully saturated rings. The molecular formula is C28H34N2O5. The number of carbonyl (C=O) groups excluding carboxylic acids is 2. The molecule has 2 aliphatic rings. The summed E-state index contributed by atoms with van der Waals surface area (Å²) in [5.41, 5.74) is 2.91. The van der Waals surface area contributed by atoms with Crippen molar-refractivity contribution >= 4 is 18.0 Å². The number of ether oxygens (including phenoxy) is 1. The number of carboxylic acid groups (broad SMARTS) is 1. The van der Waals surface area contributed by atoms with Gasteiger partial charge in [-0.05, 0) is 40.5 Å². The highest BCUT2D eigenvalue weighted by Gasteiger charge is 2.50. The van der Waals surface area contributed by atoms with E-state index in [4.69, 9.17) is 4.74 Å². The number of carbonyl (C=O) groups is 3. The van der Waals surface area contributed by atoms with Gasteiger partial charge in [-0.1, -0.05) is 76.2 Å². The van der Waals surface area contributed by atoms with Gasteiger partial charge in [-0.2, -0.15) is 0 Å². The summed E-state index contributed by atoms with van der Waals surface area (Å²) in [5.74, 6) is -1.48. The van der Waals surface area contributed by atoms with Crippen molar-refractivity contribution in [2.45, 2.75) is 46.6 Å². The first-order valence-corrected chi connectivity index (χ1v) is 12.1. The van der Waals surface area contributed by atoms with Gasteiger partial charge in [0.05, 0.1) is 5.41 Å². The second-order valence-electron chi connectivity index (χ2n) is 11.1. The van der Waals surface area contributed by atoms with Gasteiger partial charge in [0.25, 0.3) is 0 Å². The maximum Gasteiger partial charge on any atom is 0.407 e. The van der Waals surface area contributed by atoms with Gasteiger partial charge in [0.2, 0.25) is 5.91 Å². The SMILES string of the molecule is CC1CN(C(=O)[C@H](NC(=O)OCC2c3ccccc3-c3ccccc32)C(C)(C)C)CC1(C)C(=O)O. The van der Waals surface area contributed by atoms with E-state index >= 15 is 0 Å². The molecule has 2 aromatic rings. The van der Waals surface area contributed by atoms with Crippen LogP contribution in [0.15, 0.2) is 48.5 Å². The van der Waals surface area contributed by atoms with Crippen molar-refractivity contribution in [3.63, 3.8) is 0 Å². The number of carboxylic acids is 1. The topological polar surface area (TPSA) is 95.9 Å². The van der Waals surface area contributed by atoms with Crippen LogP contribution in [0.4, 0.5) is 4.79 Å². The number of fused-ring (bicyclic) bond motifs is 3. The van der Waals surface area contributed by atoms with Crippen molar-refractivity contribution in [1.82, 2.24) is 10.2 Å². The van der Waals surface area contributed by atoms with E-state index in [0.717, 1.165) is 22.3 Å². The maximum atomic E-state index is 13.4. The molecule has 7 heteroatoms. The Hall–Kier alpha value is -3.35. The Morgan fingerprint density at radius 1 is 1.09 bits per heavy atom. The van der Waals surface area contributed by atoms with Crippen molar-refractivity contribution in [3.8, 4) is 11.1 Å². The Kier molecular flexibility index (Phi) is 6.38. The van der Waals surface area contributed by atoms with E-state index in [-0.39, 0.29) is 30.9 Å². The first-order valence-electron chi connectivity index (χ1n) is 12.1. The van der Waals surface area contributed by atoms with E-state index in [1.807, 2.05) is 52.0 Å². The summed E-state index contributed by atoms with van der Waals surface area (Å²) in [6, 6.07) is 15.4. The molecule has 2 amide bonds. The number of nitrogens with zero attached hydrogens (tertiary/aromatic N) is 1. The quantitative estimate of drug-likeness (QED) is 0.659. The van der Waals surface area contributed by atoms with Gasteiger partial charge in [-0.25, -0.2) is 4.79 Å². The van der Waals surface area contributed by atoms with Crippen LogP contribution in [-0.4, -0.2) is 53.7 Å². The maximum absolute atomic E-state index is 13.4. The van der Waals surface area contributed by atoms with Crippen LogP contribution < -0.4 is 5.32 Å². The molecule has 1 heterocycles. The van der Waals surface area contributed by atoms with Gasteiger partial charge in [0, 0.05) is 19.0 Å². The van der Waals surface area contributed by atoms with Crippen molar-refractivity contribution in [2.75, 3.05) is 19.7 Å². The molecule has 2 N–H and O–H groups in total. The van der Waals surface area contributed by atoms with Gasteiger partial charge >= 0.3 is 12.1 Å². The summed E-state index contributed by atoms with van der Waals surface area (Å²) in [6.07, 6.45) is -0.659. The van der Waals surface area contributed by atoms with E-state index in [1.165, 1.54) is 0 Å². The summed E-state index contributed by atoms with van der Waals surface area (Å²) >= 11 is 0. The Labute approximate surface area is 206 Å². The number of hydrogen-bond donors (Lipinski definition) is 2. The smallest absolute Gasteiger partial charge is 0.407 e. The van der Waals surface area contributed by atoms with Crippen LogP contribution in [0, 0.1) is 16.7 Å². The van der Waals surface area contributed by atoms with Gasteiger partial charge in [-0.3, -0.25) is 9.59 Å². The number of aliphatic carboxylic acids is 1. The molecule has 1 aliphatic carbocycles. The number of benzene rings is 2. The molecule has 35 heavy (non-hydrogen) atoms. The Balaban J connectivity index is 1.46. The van der Waals surface area contributed by atoms with Gasteiger partial charge < -0.3 is 20.1 Å². The van der Waals surface area contributed by atoms with Crippen LogP contribution >= 0.6 is 0 Å². The van der Waals surface area contributed by atoms with Gasteiger partial charge in [0.1, 0.15) is 12.6 Å². The number of alkyl carbamates (subject to hydrolysis) is 1. The Morgan fingerprint density at radius 3 is 2.11 bits per heavy atom. The predicted octanol–water partition coefficient (Wildman–Crippen LogP) is 4.51. The summed E-state index contributed by atoms with van der Waals surface area (Å²) in [5, 5.41) is 12.4. The first kappa shape index (κ1) is 24.8. The molecular weight excluding hydrogens is 444 g/mol. The number of hydrogen-bond acceptors (Lipinski definition) is 4. The third-order valence-corrected chi connectivity index (χ3v) is 7.62. The van der Waals surface area contributed by atoms with E-state index in [1.54, 1.807) is 11.8 Å². The standard InChI is InChI=1S/C28H34N2O5/c1-17-14-30(16-28(17,5)25(32)33)24(31)23(27(2,3)4)29-26(34)35-15-22-20-12-8-6-10-18(20)19-11-7-9-13-21(19)22/h6-13,17,22-23H,14-16H2,1-5H3,(H,29,34)(H,32,33)/t17?,23-,28?/m0/s1. The Morgan fingerprint density at radius 2 is 1.63 bits per heavy atom. The molecule has 2 aromatic carbocycles. The first-order chi connectivity index (χ1) is 16.4. The van der Waals surface area contributed by atoms with E-state index in [0.29, 0.717) is 6.54 Å². The lowest BCUT2D eigenvalue weighted by Crippen LogP contribution is -2.54. The molecule has 2 unspecified atom stereocenters. The summed E-state index contributed by atoms with van der Waals surface area (Å²) in [4.78, 5) is 39.7. The highest BCUT2D eigenvalue weighted by Crippen LogP contribution is 2.44. The van der Waals surface area contributed by atoms with Gasteiger partial charge in [0.15, 0.2) is 0 Å². The zero-order valence-corrected chi connectivity index (χ0v) is 21.0. The van der Waals surface area contributed by atoms with Crippen LogP contribution in [0.3, 0.4) is 0 Å². The molecule has 1 saturated heterocycles. The third-order valence-electron chi connectivity index (χ3n) is 7.62. The third kappa shape index (κ3) is 4.51. The summed E-state index contributed by atoms with van der Waals surface area (Å²) in [6.45, 7) is 9.72. The molecule has 0 bridgehead atoms. The number of rotatable bonds is 5. The lowest BCUT2D eigenvalue weighted by molar-refractivity contribution is -0.149. The fourth-order valence-electron chi connectivity index (χ4n) is 5.18. The van der Waals surface area contributed by atoms with Crippen molar-refractivity contribution in [2.24, 2.45) is 16.7 Å². The minimum Gasteiger partial charge on any atom is -0.481 e. The number of likely N-dealkylation sites (tertiary alicyclic amines) is 1. The van der Waals surface area contributed by atoms with E-state index in [9.17, 15) is 19.5 Å². The van der Waals surface area contributed by atoms with Gasteiger partial charge in [-0.15, -0.1) is 0 Å². The van der Waals surface area contributed by atoms with Crippen LogP contribution in [0.2, 0.25) is 0 Å². The largest absolute Gasteiger partial charge is 0.481 e. The second kappa shape index (κ2) is 9.02. The monoisotopic (exact) mass is 478 g/mol. The number of amides is 2. The molecule has 0 saturated carbocycles. The van der Waals surface area contributed by atoms with Crippen LogP contribution in [-0.2, 0) is 14.3 Å². The summed E-state index contributed by atoms with van der Waals surface area (Å²) in [7, 11) is 0. The van der Waals surface area contributed by atoms with E-state index in [2.05, 4.69) is 29.6 Å². The molecule has 3 atom stereocenters. The van der Waals surface area contributed by atoms with Crippen molar-refractivity contribution < 1.29 is 24.2 Å². The lowest BCUT2D eigenvalue weighted by atomic mass is 9.81. The van der Waals surface area contributed by atoms with Crippen LogP contribution in [0.25, 0.3) is 11.1 Å².